The van der Waals surface area contributed by atoms with E-state index in [0.717, 1.165) is 6.41 Å². The molecule has 1 heterocycles. The normalized spacial score (nSPS) is 17.8. The molecule has 1 fully saturated rings. The molecule has 1 rings (SSSR count). The second kappa shape index (κ2) is 4.06. The van der Waals surface area contributed by atoms with Crippen molar-refractivity contribution in [1.29, 1.82) is 0 Å². The molecule has 12 heavy (non-hydrogen) atoms. The van der Waals surface area contributed by atoms with Crippen LogP contribution in [0.25, 0.3) is 0 Å². The SMILES string of the molecule is [NH]CC(=O)N1CCN(C=O)CC1. The molecule has 0 aliphatic carbocycles. The molecule has 5 heteroatoms. The Bertz CT molecular complexity index is 175. The Morgan fingerprint density at radius 3 is 2.33 bits per heavy atom. The molecule has 0 unspecified atom stereocenters. The van der Waals surface area contributed by atoms with Crippen LogP contribution in [0, 0.1) is 0 Å². The van der Waals surface area contributed by atoms with Gasteiger partial charge in [-0.3, -0.25) is 9.59 Å². The molecule has 5 nitrogen and oxygen atoms in total. The molecule has 0 aromatic carbocycles. The summed E-state index contributed by atoms with van der Waals surface area (Å²) >= 11 is 0. The van der Waals surface area contributed by atoms with Gasteiger partial charge in [0.25, 0.3) is 0 Å². The summed E-state index contributed by atoms with van der Waals surface area (Å²) in [6.45, 7) is 2.12. The highest BCUT2D eigenvalue weighted by Gasteiger charge is 2.18. The molecule has 0 bridgehead atoms. The van der Waals surface area contributed by atoms with Crippen LogP contribution in [0.4, 0.5) is 0 Å². The fraction of sp³-hybridized carbons (Fsp3) is 0.714. The number of nitrogens with one attached hydrogen (secondary N) is 1. The average Bonchev–Trinajstić information content (AvgIpc) is 2.17. The van der Waals surface area contributed by atoms with E-state index < -0.39 is 0 Å². The van der Waals surface area contributed by atoms with E-state index in [1.54, 1.807) is 9.80 Å². The largest absolute Gasteiger partial charge is 0.342 e. The van der Waals surface area contributed by atoms with Gasteiger partial charge in [-0.1, -0.05) is 0 Å². The first-order chi connectivity index (χ1) is 5.77. The Morgan fingerprint density at radius 1 is 1.33 bits per heavy atom. The van der Waals surface area contributed by atoms with E-state index in [0.29, 0.717) is 26.2 Å². The summed E-state index contributed by atoms with van der Waals surface area (Å²) in [5.74, 6) is -0.152. The molecule has 1 radical (unpaired) electrons. The maximum absolute atomic E-state index is 11.0. The predicted octanol–water partition coefficient (Wildman–Crippen LogP) is -1.43. The lowest BCUT2D eigenvalue weighted by molar-refractivity contribution is -0.133. The standard InChI is InChI=1S/C7H12N3O2/c8-5-7(12)10-3-1-9(6-11)2-4-10/h6,8H,1-5H2. The number of nitrogens with zero attached hydrogens (tertiary/aromatic N) is 2. The van der Waals surface area contributed by atoms with Gasteiger partial charge in [-0.05, 0) is 0 Å². The van der Waals surface area contributed by atoms with E-state index in [1.165, 1.54) is 0 Å². The Morgan fingerprint density at radius 2 is 1.92 bits per heavy atom. The lowest BCUT2D eigenvalue weighted by Gasteiger charge is -2.32. The Kier molecular flexibility index (Phi) is 3.04. The van der Waals surface area contributed by atoms with E-state index in [1.807, 2.05) is 0 Å². The van der Waals surface area contributed by atoms with Crippen LogP contribution in [0.3, 0.4) is 0 Å². The second-order valence-corrected chi connectivity index (χ2v) is 2.70. The van der Waals surface area contributed by atoms with E-state index in [9.17, 15) is 9.59 Å². The van der Waals surface area contributed by atoms with Crippen LogP contribution in [-0.4, -0.2) is 54.8 Å². The van der Waals surface area contributed by atoms with Gasteiger partial charge < -0.3 is 9.80 Å². The first kappa shape index (κ1) is 8.99. The summed E-state index contributed by atoms with van der Waals surface area (Å²) < 4.78 is 0. The molecular formula is C7H12N3O2. The summed E-state index contributed by atoms with van der Waals surface area (Å²) in [6.07, 6.45) is 0.794. The van der Waals surface area contributed by atoms with Crippen molar-refractivity contribution in [3.63, 3.8) is 0 Å². The highest BCUT2D eigenvalue weighted by molar-refractivity contribution is 5.78. The monoisotopic (exact) mass is 170 g/mol. The number of carbonyl (C=O) groups is 2. The molecule has 0 atom stereocenters. The van der Waals surface area contributed by atoms with E-state index >= 15 is 0 Å². The molecule has 0 aromatic rings. The van der Waals surface area contributed by atoms with Gasteiger partial charge in [0.1, 0.15) is 0 Å². The quantitative estimate of drug-likeness (QED) is 0.477. The molecule has 1 aliphatic rings. The van der Waals surface area contributed by atoms with Gasteiger partial charge in [0.15, 0.2) is 0 Å². The fourth-order valence-electron chi connectivity index (χ4n) is 1.19. The molecule has 1 saturated heterocycles. The third kappa shape index (κ3) is 1.94. The van der Waals surface area contributed by atoms with Crippen molar-refractivity contribution in [2.24, 2.45) is 0 Å². The minimum atomic E-state index is -0.193. The van der Waals surface area contributed by atoms with Gasteiger partial charge in [0, 0.05) is 26.2 Å². The topological polar surface area (TPSA) is 64.4 Å². The maximum Gasteiger partial charge on any atom is 0.238 e. The number of rotatable bonds is 2. The van der Waals surface area contributed by atoms with Gasteiger partial charge in [-0.15, -0.1) is 0 Å². The van der Waals surface area contributed by atoms with Crippen molar-refractivity contribution in [1.82, 2.24) is 15.5 Å². The van der Waals surface area contributed by atoms with E-state index in [-0.39, 0.29) is 12.5 Å². The summed E-state index contributed by atoms with van der Waals surface area (Å²) in [7, 11) is 0. The zero-order valence-electron chi connectivity index (χ0n) is 6.82. The van der Waals surface area contributed by atoms with E-state index in [4.69, 9.17) is 5.73 Å². The number of piperazine rings is 1. The number of hydrogen-bond donors (Lipinski definition) is 0. The van der Waals surface area contributed by atoms with Gasteiger partial charge in [-0.25, -0.2) is 5.73 Å². The minimum Gasteiger partial charge on any atom is -0.342 e. The molecule has 0 saturated carbocycles. The molecule has 67 valence electrons. The van der Waals surface area contributed by atoms with Crippen LogP contribution in [0.5, 0.6) is 0 Å². The second-order valence-electron chi connectivity index (χ2n) is 2.70. The molecule has 0 aromatic heterocycles. The molecule has 1 N–H and O–H groups in total. The van der Waals surface area contributed by atoms with Crippen LogP contribution >= 0.6 is 0 Å². The third-order valence-corrected chi connectivity index (χ3v) is 1.97. The van der Waals surface area contributed by atoms with Crippen LogP contribution in [-0.2, 0) is 9.59 Å². The van der Waals surface area contributed by atoms with Gasteiger partial charge in [-0.2, -0.15) is 0 Å². The van der Waals surface area contributed by atoms with Crippen molar-refractivity contribution in [3.05, 3.63) is 0 Å². The average molecular weight is 170 g/mol. The van der Waals surface area contributed by atoms with E-state index in [2.05, 4.69) is 0 Å². The number of amides is 2. The summed E-state index contributed by atoms with van der Waals surface area (Å²) in [5.41, 5.74) is 6.87. The number of carbonyl (C=O) groups excluding carboxylic acids is 2. The van der Waals surface area contributed by atoms with Gasteiger partial charge >= 0.3 is 0 Å². The van der Waals surface area contributed by atoms with Crippen molar-refractivity contribution in [2.45, 2.75) is 0 Å². The Hall–Kier alpha value is -1.10. The highest BCUT2D eigenvalue weighted by Crippen LogP contribution is 1.98. The summed E-state index contributed by atoms with van der Waals surface area (Å²) in [6, 6.07) is 0. The first-order valence-electron chi connectivity index (χ1n) is 3.89. The minimum absolute atomic E-state index is 0.152. The van der Waals surface area contributed by atoms with Crippen molar-refractivity contribution in [2.75, 3.05) is 32.7 Å². The maximum atomic E-state index is 11.0. The van der Waals surface area contributed by atoms with Crippen LogP contribution in [0.15, 0.2) is 0 Å². The first-order valence-corrected chi connectivity index (χ1v) is 3.89. The molecule has 1 aliphatic heterocycles. The van der Waals surface area contributed by atoms with Crippen LogP contribution in [0.1, 0.15) is 0 Å². The molecular weight excluding hydrogens is 158 g/mol. The summed E-state index contributed by atoms with van der Waals surface area (Å²) in [4.78, 5) is 24.5. The molecule has 2 amide bonds. The van der Waals surface area contributed by atoms with Crippen molar-refractivity contribution < 1.29 is 9.59 Å². The number of hydrogen-bond acceptors (Lipinski definition) is 2. The van der Waals surface area contributed by atoms with Crippen molar-refractivity contribution >= 4 is 12.3 Å². The fourth-order valence-corrected chi connectivity index (χ4v) is 1.19. The lowest BCUT2D eigenvalue weighted by Crippen LogP contribution is -2.49. The zero-order valence-corrected chi connectivity index (χ0v) is 6.82. The Balaban J connectivity index is 2.35. The summed E-state index contributed by atoms with van der Waals surface area (Å²) in [5, 5.41) is 0. The molecule has 0 spiro atoms. The van der Waals surface area contributed by atoms with Gasteiger partial charge in [0.2, 0.25) is 12.3 Å². The predicted molar refractivity (Wildman–Crippen MR) is 42.2 cm³/mol. The lowest BCUT2D eigenvalue weighted by atomic mass is 10.3. The van der Waals surface area contributed by atoms with Crippen molar-refractivity contribution in [3.8, 4) is 0 Å². The Labute approximate surface area is 71.1 Å². The zero-order chi connectivity index (χ0) is 8.97. The van der Waals surface area contributed by atoms with Crippen LogP contribution in [0.2, 0.25) is 0 Å². The highest BCUT2D eigenvalue weighted by atomic mass is 16.2. The third-order valence-electron chi connectivity index (χ3n) is 1.97. The smallest absolute Gasteiger partial charge is 0.238 e. The van der Waals surface area contributed by atoms with Crippen LogP contribution < -0.4 is 5.73 Å². The van der Waals surface area contributed by atoms with Gasteiger partial charge in [0.05, 0.1) is 6.54 Å².